The quantitative estimate of drug-likeness (QED) is 0.554. The first-order chi connectivity index (χ1) is 15.2. The first-order valence-electron chi connectivity index (χ1n) is 9.33. The monoisotopic (exact) mass is 457 g/mol. The molecule has 32 heavy (non-hydrogen) atoms. The molecular formula is C22H20FN3O5S. The first-order valence-corrected chi connectivity index (χ1v) is 10.8. The van der Waals surface area contributed by atoms with Crippen LogP contribution in [0.4, 0.5) is 4.39 Å². The summed E-state index contributed by atoms with van der Waals surface area (Å²) in [6.45, 7) is 0. The number of hydrogen-bond donors (Lipinski definition) is 2. The zero-order valence-corrected chi connectivity index (χ0v) is 18.0. The lowest BCUT2D eigenvalue weighted by atomic mass is 10.2. The van der Waals surface area contributed by atoms with Gasteiger partial charge in [0.1, 0.15) is 17.3 Å². The van der Waals surface area contributed by atoms with E-state index in [9.17, 15) is 22.4 Å². The van der Waals surface area contributed by atoms with Gasteiger partial charge in [0.15, 0.2) is 0 Å². The highest BCUT2D eigenvalue weighted by Gasteiger charge is 2.19. The summed E-state index contributed by atoms with van der Waals surface area (Å²) in [7, 11) is -0.926. The molecule has 0 spiro atoms. The van der Waals surface area contributed by atoms with Crippen LogP contribution in [0.2, 0.25) is 0 Å². The van der Waals surface area contributed by atoms with Crippen molar-refractivity contribution in [3.63, 3.8) is 0 Å². The number of rotatable bonds is 6. The number of sulfonamides is 1. The number of hydrazine groups is 1. The van der Waals surface area contributed by atoms with Crippen molar-refractivity contribution >= 4 is 21.8 Å². The van der Waals surface area contributed by atoms with Crippen molar-refractivity contribution < 1.29 is 27.1 Å². The molecule has 10 heteroatoms. The second-order valence-electron chi connectivity index (χ2n) is 6.80. The van der Waals surface area contributed by atoms with E-state index >= 15 is 0 Å². The van der Waals surface area contributed by atoms with Gasteiger partial charge < -0.3 is 4.74 Å². The number of nitrogens with one attached hydrogen (secondary N) is 2. The summed E-state index contributed by atoms with van der Waals surface area (Å²) in [6, 6.07) is 17.0. The predicted molar refractivity (Wildman–Crippen MR) is 115 cm³/mol. The van der Waals surface area contributed by atoms with Gasteiger partial charge in [0.2, 0.25) is 10.0 Å². The van der Waals surface area contributed by atoms with Gasteiger partial charge in [0.25, 0.3) is 11.8 Å². The third-order valence-corrected chi connectivity index (χ3v) is 6.14. The van der Waals surface area contributed by atoms with E-state index in [-0.39, 0.29) is 21.8 Å². The Morgan fingerprint density at radius 2 is 1.34 bits per heavy atom. The van der Waals surface area contributed by atoms with Crippen LogP contribution < -0.4 is 15.6 Å². The third-order valence-electron chi connectivity index (χ3n) is 4.33. The second kappa shape index (κ2) is 9.58. The Balaban J connectivity index is 1.61. The Hall–Kier alpha value is -3.76. The smallest absolute Gasteiger partial charge is 0.269 e. The molecule has 3 aromatic carbocycles. The molecule has 0 aliphatic rings. The van der Waals surface area contributed by atoms with E-state index < -0.39 is 21.8 Å². The molecule has 0 aromatic heterocycles. The molecule has 2 N–H and O–H groups in total. The SMILES string of the molecule is CN(C)S(=O)(=O)c1cccc(C(=O)NNC(=O)c2ccc(Oc3ccc(F)cc3)cc2)c1. The van der Waals surface area contributed by atoms with Gasteiger partial charge in [-0.3, -0.25) is 20.4 Å². The fourth-order valence-electron chi connectivity index (χ4n) is 2.58. The third kappa shape index (κ3) is 5.48. The number of carbonyl (C=O) groups excluding carboxylic acids is 2. The van der Waals surface area contributed by atoms with E-state index in [1.165, 1.54) is 74.8 Å². The Morgan fingerprint density at radius 3 is 1.91 bits per heavy atom. The van der Waals surface area contributed by atoms with Crippen molar-refractivity contribution in [2.75, 3.05) is 14.1 Å². The van der Waals surface area contributed by atoms with Crippen LogP contribution >= 0.6 is 0 Å². The molecule has 166 valence electrons. The van der Waals surface area contributed by atoms with Crippen LogP contribution in [-0.2, 0) is 10.0 Å². The fourth-order valence-corrected chi connectivity index (χ4v) is 3.53. The lowest BCUT2D eigenvalue weighted by Gasteiger charge is -2.12. The average Bonchev–Trinajstić information content (AvgIpc) is 2.79. The zero-order chi connectivity index (χ0) is 23.3. The van der Waals surface area contributed by atoms with Gasteiger partial charge in [-0.05, 0) is 66.7 Å². The highest BCUT2D eigenvalue weighted by molar-refractivity contribution is 7.89. The van der Waals surface area contributed by atoms with Crippen LogP contribution in [0, 0.1) is 5.82 Å². The molecule has 3 rings (SSSR count). The molecule has 0 bridgehead atoms. The standard InChI is InChI=1S/C22H20FN3O5S/c1-26(2)32(29,30)20-5-3-4-16(14-20)22(28)25-24-21(27)15-6-10-18(11-7-15)31-19-12-8-17(23)9-13-19/h3-14H,1-2H3,(H,24,27)(H,25,28). The van der Waals surface area contributed by atoms with Crippen molar-refractivity contribution in [3.8, 4) is 11.5 Å². The van der Waals surface area contributed by atoms with Gasteiger partial charge in [0, 0.05) is 25.2 Å². The Morgan fingerprint density at radius 1 is 0.812 bits per heavy atom. The van der Waals surface area contributed by atoms with Crippen molar-refractivity contribution in [1.29, 1.82) is 0 Å². The van der Waals surface area contributed by atoms with E-state index in [0.29, 0.717) is 11.5 Å². The summed E-state index contributed by atoms with van der Waals surface area (Å²) in [5, 5.41) is 0. The summed E-state index contributed by atoms with van der Waals surface area (Å²) in [6.07, 6.45) is 0. The first kappa shape index (κ1) is 22.9. The second-order valence-corrected chi connectivity index (χ2v) is 8.96. The van der Waals surface area contributed by atoms with Crippen molar-refractivity contribution in [2.45, 2.75) is 4.90 Å². The summed E-state index contributed by atoms with van der Waals surface area (Å²) in [4.78, 5) is 24.6. The number of nitrogens with zero attached hydrogens (tertiary/aromatic N) is 1. The van der Waals surface area contributed by atoms with Crippen LogP contribution in [0.25, 0.3) is 0 Å². The minimum Gasteiger partial charge on any atom is -0.457 e. The van der Waals surface area contributed by atoms with Gasteiger partial charge >= 0.3 is 0 Å². The maximum atomic E-state index is 13.0. The van der Waals surface area contributed by atoms with Gasteiger partial charge in [0.05, 0.1) is 4.90 Å². The molecule has 0 unspecified atom stereocenters. The van der Waals surface area contributed by atoms with E-state index in [0.717, 1.165) is 4.31 Å². The Kier molecular flexibility index (Phi) is 6.86. The molecule has 0 saturated carbocycles. The van der Waals surface area contributed by atoms with Crippen molar-refractivity contribution in [1.82, 2.24) is 15.2 Å². The Bertz CT molecular complexity index is 1230. The van der Waals surface area contributed by atoms with E-state index in [2.05, 4.69) is 10.9 Å². The number of halogens is 1. The lowest BCUT2D eigenvalue weighted by Crippen LogP contribution is -2.41. The highest BCUT2D eigenvalue weighted by atomic mass is 32.2. The topological polar surface area (TPSA) is 105 Å². The van der Waals surface area contributed by atoms with Crippen molar-refractivity contribution in [2.24, 2.45) is 0 Å². The molecule has 8 nitrogen and oxygen atoms in total. The Labute approximate surface area is 184 Å². The molecule has 0 heterocycles. The van der Waals surface area contributed by atoms with Gasteiger partial charge in [-0.1, -0.05) is 6.07 Å². The van der Waals surface area contributed by atoms with E-state index in [1.807, 2.05) is 0 Å². The number of carbonyl (C=O) groups is 2. The predicted octanol–water partition coefficient (Wildman–Crippen LogP) is 2.94. The largest absolute Gasteiger partial charge is 0.457 e. The number of hydrogen-bond acceptors (Lipinski definition) is 5. The highest BCUT2D eigenvalue weighted by Crippen LogP contribution is 2.22. The van der Waals surface area contributed by atoms with Crippen molar-refractivity contribution in [3.05, 3.63) is 89.7 Å². The summed E-state index contributed by atoms with van der Waals surface area (Å²) < 4.78 is 44.0. The molecular weight excluding hydrogens is 437 g/mol. The zero-order valence-electron chi connectivity index (χ0n) is 17.2. The number of ether oxygens (including phenoxy) is 1. The summed E-state index contributed by atoms with van der Waals surface area (Å²) in [5.41, 5.74) is 4.84. The van der Waals surface area contributed by atoms with Crippen LogP contribution in [0.5, 0.6) is 11.5 Å². The van der Waals surface area contributed by atoms with Gasteiger partial charge in [-0.2, -0.15) is 0 Å². The maximum absolute atomic E-state index is 13.0. The van der Waals surface area contributed by atoms with E-state index in [1.54, 1.807) is 12.1 Å². The molecule has 0 fully saturated rings. The lowest BCUT2D eigenvalue weighted by molar-refractivity contribution is 0.0846. The molecule has 0 aliphatic carbocycles. The fraction of sp³-hybridized carbons (Fsp3) is 0.0909. The van der Waals surface area contributed by atoms with Gasteiger partial charge in [-0.25, -0.2) is 17.1 Å². The minimum absolute atomic E-state index is 0.0433. The average molecular weight is 457 g/mol. The maximum Gasteiger partial charge on any atom is 0.269 e. The number of benzene rings is 3. The van der Waals surface area contributed by atoms with E-state index in [4.69, 9.17) is 4.74 Å². The van der Waals surface area contributed by atoms with Gasteiger partial charge in [-0.15, -0.1) is 0 Å². The molecule has 2 amide bonds. The van der Waals surface area contributed by atoms with Crippen LogP contribution in [0.3, 0.4) is 0 Å². The molecule has 3 aromatic rings. The molecule has 0 radical (unpaired) electrons. The van der Waals surface area contributed by atoms with Crippen LogP contribution in [0.1, 0.15) is 20.7 Å². The number of amides is 2. The molecule has 0 saturated heterocycles. The molecule has 0 atom stereocenters. The molecule has 0 aliphatic heterocycles. The summed E-state index contributed by atoms with van der Waals surface area (Å²) >= 11 is 0. The minimum atomic E-state index is -3.70. The summed E-state index contributed by atoms with van der Waals surface area (Å²) in [5.74, 6) is -0.753. The normalized spacial score (nSPS) is 11.1. The van der Waals surface area contributed by atoms with Crippen LogP contribution in [-0.4, -0.2) is 38.6 Å². The van der Waals surface area contributed by atoms with Crippen LogP contribution in [0.15, 0.2) is 77.7 Å².